The maximum Gasteiger partial charge on any atom is 0.122 e. The molecule has 1 saturated carbocycles. The van der Waals surface area contributed by atoms with Gasteiger partial charge in [0, 0.05) is 17.9 Å². The third kappa shape index (κ3) is 1.73. The van der Waals surface area contributed by atoms with Gasteiger partial charge >= 0.3 is 0 Å². The third-order valence-corrected chi connectivity index (χ3v) is 4.61. The van der Waals surface area contributed by atoms with E-state index in [9.17, 15) is 5.11 Å². The zero-order chi connectivity index (χ0) is 12.6. The van der Waals surface area contributed by atoms with Crippen LogP contribution in [-0.2, 0) is 6.42 Å². The van der Waals surface area contributed by atoms with E-state index in [0.717, 1.165) is 31.6 Å². The van der Waals surface area contributed by atoms with Crippen molar-refractivity contribution < 1.29 is 9.84 Å². The molecule has 2 aliphatic rings. The van der Waals surface area contributed by atoms with E-state index in [1.165, 1.54) is 17.5 Å². The zero-order valence-corrected chi connectivity index (χ0v) is 10.9. The highest BCUT2D eigenvalue weighted by atomic mass is 16.5. The van der Waals surface area contributed by atoms with Crippen LogP contribution in [-0.4, -0.2) is 25.4 Å². The van der Waals surface area contributed by atoms with Gasteiger partial charge in [0.25, 0.3) is 0 Å². The first kappa shape index (κ1) is 12.0. The maximum atomic E-state index is 9.73. The molecule has 0 saturated heterocycles. The van der Waals surface area contributed by atoms with Gasteiger partial charge in [-0.2, -0.15) is 0 Å². The lowest BCUT2D eigenvalue weighted by molar-refractivity contribution is 0.00781. The monoisotopic (exact) mass is 247 g/mol. The first-order valence-corrected chi connectivity index (χ1v) is 6.83. The fourth-order valence-electron chi connectivity index (χ4n) is 3.38. The Morgan fingerprint density at radius 3 is 2.89 bits per heavy atom. The summed E-state index contributed by atoms with van der Waals surface area (Å²) in [5.41, 5.74) is 2.64. The summed E-state index contributed by atoms with van der Waals surface area (Å²) in [6.45, 7) is 1.07. The maximum absolute atomic E-state index is 9.73. The van der Waals surface area contributed by atoms with Gasteiger partial charge in [0.05, 0.1) is 13.2 Å². The molecule has 3 nitrogen and oxygen atoms in total. The van der Waals surface area contributed by atoms with Gasteiger partial charge in [-0.3, -0.25) is 0 Å². The Bertz CT molecular complexity index is 435. The van der Waals surface area contributed by atoms with Crippen molar-refractivity contribution >= 4 is 0 Å². The predicted molar refractivity (Wildman–Crippen MR) is 70.8 cm³/mol. The second-order valence-electron chi connectivity index (χ2n) is 5.56. The lowest BCUT2D eigenvalue weighted by Crippen LogP contribution is -2.44. The average molecular weight is 247 g/mol. The topological polar surface area (TPSA) is 41.5 Å². The molecule has 3 rings (SSSR count). The molecule has 18 heavy (non-hydrogen) atoms. The minimum absolute atomic E-state index is 0.0441. The fraction of sp³-hybridized carbons (Fsp3) is 0.600. The Labute approximate surface area is 108 Å². The number of hydrogen-bond donors (Lipinski definition) is 2. The van der Waals surface area contributed by atoms with Crippen LogP contribution in [0, 0.1) is 5.41 Å². The molecule has 3 heteroatoms. The summed E-state index contributed by atoms with van der Waals surface area (Å²) < 4.78 is 5.55. The highest BCUT2D eigenvalue weighted by Gasteiger charge is 2.43. The zero-order valence-electron chi connectivity index (χ0n) is 10.9. The number of ether oxygens (including phenoxy) is 1. The smallest absolute Gasteiger partial charge is 0.122 e. The average Bonchev–Trinajstić information content (AvgIpc) is 2.80. The van der Waals surface area contributed by atoms with Crippen LogP contribution >= 0.6 is 0 Å². The van der Waals surface area contributed by atoms with Crippen LogP contribution in [0.5, 0.6) is 5.75 Å². The van der Waals surface area contributed by atoms with E-state index in [2.05, 4.69) is 23.5 Å². The Hall–Kier alpha value is -1.06. The van der Waals surface area contributed by atoms with E-state index in [1.54, 1.807) is 0 Å². The molecule has 0 radical (unpaired) electrons. The molecule has 1 heterocycles. The molecule has 1 aromatic rings. The number of nitrogens with one attached hydrogen (secondary N) is 1. The fourth-order valence-corrected chi connectivity index (χ4v) is 3.38. The summed E-state index contributed by atoms with van der Waals surface area (Å²) in [5.74, 6) is 1.03. The van der Waals surface area contributed by atoms with Crippen molar-refractivity contribution in [1.82, 2.24) is 5.32 Å². The van der Waals surface area contributed by atoms with Crippen LogP contribution in [0.2, 0.25) is 0 Å². The van der Waals surface area contributed by atoms with Crippen LogP contribution in [0.4, 0.5) is 0 Å². The highest BCUT2D eigenvalue weighted by molar-refractivity contribution is 5.41. The molecule has 2 N–H and O–H groups in total. The second kappa shape index (κ2) is 4.56. The Morgan fingerprint density at radius 1 is 1.44 bits per heavy atom. The van der Waals surface area contributed by atoms with Gasteiger partial charge in [0.15, 0.2) is 0 Å². The SMILES string of the molecule is CNC(c1ccc2c(c1)CCO2)C1(CO)CCC1. The molecule has 1 aromatic carbocycles. The molecule has 0 spiro atoms. The van der Waals surface area contributed by atoms with Gasteiger partial charge in [-0.25, -0.2) is 0 Å². The highest BCUT2D eigenvalue weighted by Crippen LogP contribution is 2.50. The molecule has 1 aliphatic carbocycles. The Balaban J connectivity index is 1.92. The van der Waals surface area contributed by atoms with Gasteiger partial charge < -0.3 is 15.2 Å². The minimum atomic E-state index is 0.0441. The number of hydrogen-bond acceptors (Lipinski definition) is 3. The van der Waals surface area contributed by atoms with Crippen molar-refractivity contribution in [2.75, 3.05) is 20.3 Å². The molecule has 0 bridgehead atoms. The molecule has 1 aliphatic heterocycles. The van der Waals surface area contributed by atoms with Gasteiger partial charge in [-0.05, 0) is 37.1 Å². The summed E-state index contributed by atoms with van der Waals surface area (Å²) in [6, 6.07) is 6.72. The third-order valence-electron chi connectivity index (χ3n) is 4.61. The Kier molecular flexibility index (Phi) is 3.04. The number of benzene rings is 1. The molecule has 0 aromatic heterocycles. The number of rotatable bonds is 4. The second-order valence-corrected chi connectivity index (χ2v) is 5.56. The minimum Gasteiger partial charge on any atom is -0.493 e. The first-order valence-electron chi connectivity index (χ1n) is 6.83. The predicted octanol–water partition coefficient (Wildman–Crippen LogP) is 2.04. The van der Waals surface area contributed by atoms with Crippen LogP contribution in [0.1, 0.15) is 36.4 Å². The summed E-state index contributed by atoms with van der Waals surface area (Å²) in [4.78, 5) is 0. The molecular weight excluding hydrogens is 226 g/mol. The van der Waals surface area contributed by atoms with E-state index >= 15 is 0 Å². The molecule has 1 atom stereocenters. The van der Waals surface area contributed by atoms with E-state index in [-0.39, 0.29) is 18.1 Å². The normalized spacial score (nSPS) is 21.9. The first-order chi connectivity index (χ1) is 8.79. The van der Waals surface area contributed by atoms with Crippen molar-refractivity contribution in [3.8, 4) is 5.75 Å². The van der Waals surface area contributed by atoms with E-state index < -0.39 is 0 Å². The van der Waals surface area contributed by atoms with Gasteiger partial charge in [0.2, 0.25) is 0 Å². The Morgan fingerprint density at radius 2 is 2.28 bits per heavy atom. The summed E-state index contributed by atoms with van der Waals surface area (Å²) >= 11 is 0. The summed E-state index contributed by atoms with van der Waals surface area (Å²) in [6.07, 6.45) is 4.46. The number of aliphatic hydroxyl groups is 1. The summed E-state index contributed by atoms with van der Waals surface area (Å²) in [7, 11) is 1.99. The van der Waals surface area contributed by atoms with Crippen molar-refractivity contribution in [1.29, 1.82) is 0 Å². The van der Waals surface area contributed by atoms with Crippen LogP contribution in [0.3, 0.4) is 0 Å². The largest absolute Gasteiger partial charge is 0.493 e. The van der Waals surface area contributed by atoms with Gasteiger partial charge in [0.1, 0.15) is 5.75 Å². The van der Waals surface area contributed by atoms with Crippen LogP contribution < -0.4 is 10.1 Å². The quantitative estimate of drug-likeness (QED) is 0.855. The molecule has 1 fully saturated rings. The van der Waals surface area contributed by atoms with Crippen molar-refractivity contribution in [2.45, 2.75) is 31.7 Å². The lowest BCUT2D eigenvalue weighted by atomic mass is 9.63. The number of aliphatic hydroxyl groups excluding tert-OH is 1. The van der Waals surface area contributed by atoms with Gasteiger partial charge in [-0.15, -0.1) is 0 Å². The standard InChI is InChI=1S/C15H21NO2/c1-16-14(15(10-17)6-2-7-15)12-3-4-13-11(9-12)5-8-18-13/h3-4,9,14,16-17H,2,5-8,10H2,1H3. The number of fused-ring (bicyclic) bond motifs is 1. The van der Waals surface area contributed by atoms with E-state index in [4.69, 9.17) is 4.74 Å². The van der Waals surface area contributed by atoms with Crippen LogP contribution in [0.25, 0.3) is 0 Å². The van der Waals surface area contributed by atoms with Crippen LogP contribution in [0.15, 0.2) is 18.2 Å². The molecule has 1 unspecified atom stereocenters. The van der Waals surface area contributed by atoms with E-state index in [1.807, 2.05) is 7.05 Å². The molecular formula is C15H21NO2. The van der Waals surface area contributed by atoms with Crippen molar-refractivity contribution in [3.63, 3.8) is 0 Å². The molecule has 98 valence electrons. The van der Waals surface area contributed by atoms with E-state index in [0.29, 0.717) is 0 Å². The molecule has 0 amide bonds. The summed E-state index contributed by atoms with van der Waals surface area (Å²) in [5, 5.41) is 13.1. The van der Waals surface area contributed by atoms with Gasteiger partial charge in [-0.1, -0.05) is 18.6 Å². The van der Waals surface area contributed by atoms with Crippen molar-refractivity contribution in [3.05, 3.63) is 29.3 Å². The lowest BCUT2D eigenvalue weighted by Gasteiger charge is -2.46. The van der Waals surface area contributed by atoms with Crippen molar-refractivity contribution in [2.24, 2.45) is 5.41 Å².